The molecule has 1 aliphatic heterocycles. The molecule has 4 nitrogen and oxygen atoms in total. The van der Waals surface area contributed by atoms with Crippen LogP contribution in [0.3, 0.4) is 0 Å². The lowest BCUT2D eigenvalue weighted by Crippen LogP contribution is -2.47. The van der Waals surface area contributed by atoms with E-state index in [4.69, 9.17) is 20.9 Å². The van der Waals surface area contributed by atoms with Crippen molar-refractivity contribution in [3.63, 3.8) is 0 Å². The van der Waals surface area contributed by atoms with Crippen LogP contribution in [0.1, 0.15) is 83.6 Å². The van der Waals surface area contributed by atoms with Gasteiger partial charge in [0, 0.05) is 6.04 Å². The summed E-state index contributed by atoms with van der Waals surface area (Å²) >= 11 is 0. The summed E-state index contributed by atoms with van der Waals surface area (Å²) in [5, 5.41) is 0. The van der Waals surface area contributed by atoms with E-state index in [2.05, 4.69) is 17.7 Å². The lowest BCUT2D eigenvalue weighted by molar-refractivity contribution is -0.288. The highest BCUT2D eigenvalue weighted by molar-refractivity contribution is 5.44. The first-order valence-corrected chi connectivity index (χ1v) is 11.5. The number of hydrogen-bond donors (Lipinski definition) is 0. The van der Waals surface area contributed by atoms with Crippen LogP contribution in [0.2, 0.25) is 0 Å². The molecule has 0 amide bonds. The number of hydrogen-bond acceptors (Lipinski definition) is 4. The van der Waals surface area contributed by atoms with Gasteiger partial charge >= 0.3 is 0 Å². The van der Waals surface area contributed by atoms with E-state index in [9.17, 15) is 0 Å². The molecule has 0 N–H and O–H groups in total. The largest absolute Gasteiger partial charge is 0.356 e. The van der Waals surface area contributed by atoms with Crippen molar-refractivity contribution < 1.29 is 14.5 Å². The molecule has 29 heavy (non-hydrogen) atoms. The molecule has 4 heteroatoms. The standard InChI is InChI=1S/C25H37NO3/c1-4-6-7-8-9-12-21-15-17-23(18-16-21)26(25-19-27-25)20(3)28-29-24-14-11-10-13-22(24)5-2/h2,10-11,13-14,20-21,23,25H,4,6-9,12,15-19H2,1,3H3. The number of unbranched alkanes of at least 4 members (excludes halogenated alkanes) is 4. The fourth-order valence-electron chi connectivity index (χ4n) is 4.58. The summed E-state index contributed by atoms with van der Waals surface area (Å²) in [5.74, 6) is 4.12. The predicted molar refractivity (Wildman–Crippen MR) is 116 cm³/mol. The smallest absolute Gasteiger partial charge is 0.181 e. The molecule has 1 aromatic carbocycles. The van der Waals surface area contributed by atoms with Gasteiger partial charge in [-0.1, -0.05) is 63.5 Å². The normalized spacial score (nSPS) is 24.8. The molecule has 2 aliphatic rings. The third-order valence-electron chi connectivity index (χ3n) is 6.34. The molecule has 1 heterocycles. The summed E-state index contributed by atoms with van der Waals surface area (Å²) < 4.78 is 5.63. The number of epoxide rings is 1. The topological polar surface area (TPSA) is 34.2 Å². The molecule has 2 atom stereocenters. The SMILES string of the molecule is C#Cc1ccccc1OOC(C)N(C1CCC(CCCCCCC)CC1)C1CO1. The van der Waals surface area contributed by atoms with Crippen LogP contribution in [0.15, 0.2) is 24.3 Å². The van der Waals surface area contributed by atoms with E-state index in [1.54, 1.807) is 0 Å². The average Bonchev–Trinajstić information content (AvgIpc) is 3.58. The lowest BCUT2D eigenvalue weighted by atomic mass is 9.82. The highest BCUT2D eigenvalue weighted by atomic mass is 17.2. The van der Waals surface area contributed by atoms with Crippen LogP contribution in [0.5, 0.6) is 5.75 Å². The molecule has 1 saturated heterocycles. The molecular formula is C25H37NO3. The van der Waals surface area contributed by atoms with Gasteiger partial charge in [-0.3, -0.25) is 0 Å². The minimum Gasteiger partial charge on any atom is -0.356 e. The Morgan fingerprint density at radius 1 is 1.14 bits per heavy atom. The quantitative estimate of drug-likeness (QED) is 0.109. The zero-order valence-corrected chi connectivity index (χ0v) is 18.1. The third-order valence-corrected chi connectivity index (χ3v) is 6.34. The van der Waals surface area contributed by atoms with Crippen molar-refractivity contribution in [1.29, 1.82) is 0 Å². The summed E-state index contributed by atoms with van der Waals surface area (Å²) in [6, 6.07) is 7.99. The molecule has 2 fully saturated rings. The van der Waals surface area contributed by atoms with E-state index in [0.29, 0.717) is 17.4 Å². The van der Waals surface area contributed by atoms with E-state index in [0.717, 1.165) is 12.5 Å². The Kier molecular flexibility index (Phi) is 8.86. The minimum absolute atomic E-state index is 0.159. The van der Waals surface area contributed by atoms with E-state index in [-0.39, 0.29) is 12.5 Å². The first-order chi connectivity index (χ1) is 14.2. The van der Waals surface area contributed by atoms with E-state index >= 15 is 0 Å². The van der Waals surface area contributed by atoms with Crippen molar-refractivity contribution in [3.8, 4) is 18.1 Å². The Hall–Kier alpha value is -1.54. The maximum absolute atomic E-state index is 5.77. The predicted octanol–water partition coefficient (Wildman–Crippen LogP) is 5.90. The van der Waals surface area contributed by atoms with Crippen LogP contribution in [-0.2, 0) is 9.62 Å². The van der Waals surface area contributed by atoms with Crippen LogP contribution in [0.4, 0.5) is 0 Å². The molecular weight excluding hydrogens is 362 g/mol. The molecule has 1 aliphatic carbocycles. The van der Waals surface area contributed by atoms with Gasteiger partial charge in [-0.25, -0.2) is 4.90 Å². The van der Waals surface area contributed by atoms with Gasteiger partial charge in [0.1, 0.15) is 6.23 Å². The minimum atomic E-state index is -0.177. The van der Waals surface area contributed by atoms with Gasteiger partial charge in [-0.2, -0.15) is 4.89 Å². The van der Waals surface area contributed by atoms with Crippen LogP contribution in [-0.4, -0.2) is 30.0 Å². The van der Waals surface area contributed by atoms with Crippen molar-refractivity contribution in [1.82, 2.24) is 4.90 Å². The highest BCUT2D eigenvalue weighted by Crippen LogP contribution is 2.35. The molecule has 160 valence electrons. The second-order valence-corrected chi connectivity index (χ2v) is 8.53. The number of rotatable bonds is 12. The van der Waals surface area contributed by atoms with Gasteiger partial charge in [0.05, 0.1) is 12.2 Å². The Labute approximate surface area is 176 Å². The maximum atomic E-state index is 5.77. The third kappa shape index (κ3) is 6.74. The number of para-hydroxylation sites is 1. The Bertz CT molecular complexity index is 644. The second-order valence-electron chi connectivity index (χ2n) is 8.53. The maximum Gasteiger partial charge on any atom is 0.181 e. The van der Waals surface area contributed by atoms with Crippen molar-refractivity contribution in [3.05, 3.63) is 29.8 Å². The number of terminal acetylenes is 1. The van der Waals surface area contributed by atoms with E-state index < -0.39 is 0 Å². The molecule has 0 bridgehead atoms. The van der Waals surface area contributed by atoms with Gasteiger partial charge in [-0.05, 0) is 50.7 Å². The Morgan fingerprint density at radius 3 is 2.55 bits per heavy atom. The van der Waals surface area contributed by atoms with Crippen molar-refractivity contribution >= 4 is 0 Å². The number of benzene rings is 1. The molecule has 2 unspecified atom stereocenters. The zero-order chi connectivity index (χ0) is 20.5. The molecule has 3 rings (SSSR count). The van der Waals surface area contributed by atoms with Crippen molar-refractivity contribution in [2.45, 2.75) is 96.6 Å². The highest BCUT2D eigenvalue weighted by Gasteiger charge is 2.40. The van der Waals surface area contributed by atoms with Gasteiger partial charge in [-0.15, -0.1) is 6.42 Å². The van der Waals surface area contributed by atoms with E-state index in [1.807, 2.05) is 31.2 Å². The Morgan fingerprint density at radius 2 is 1.86 bits per heavy atom. The molecule has 0 radical (unpaired) electrons. The fourth-order valence-corrected chi connectivity index (χ4v) is 4.58. The molecule has 0 aromatic heterocycles. The Balaban J connectivity index is 1.45. The zero-order valence-electron chi connectivity index (χ0n) is 18.1. The average molecular weight is 400 g/mol. The van der Waals surface area contributed by atoms with Gasteiger partial charge < -0.3 is 9.62 Å². The van der Waals surface area contributed by atoms with Crippen LogP contribution >= 0.6 is 0 Å². The fraction of sp³-hybridized carbons (Fsp3) is 0.680. The summed E-state index contributed by atoms with van der Waals surface area (Å²) in [7, 11) is 0. The number of nitrogens with zero attached hydrogens (tertiary/aromatic N) is 1. The number of ether oxygens (including phenoxy) is 1. The second kappa shape index (κ2) is 11.6. The van der Waals surface area contributed by atoms with Crippen molar-refractivity contribution in [2.24, 2.45) is 5.92 Å². The van der Waals surface area contributed by atoms with Gasteiger partial charge in [0.25, 0.3) is 0 Å². The summed E-state index contributed by atoms with van der Waals surface area (Å²) in [5.41, 5.74) is 0.702. The molecule has 0 spiro atoms. The van der Waals surface area contributed by atoms with Gasteiger partial charge in [0.2, 0.25) is 0 Å². The summed E-state index contributed by atoms with van der Waals surface area (Å²) in [4.78, 5) is 13.7. The van der Waals surface area contributed by atoms with Crippen LogP contribution in [0.25, 0.3) is 0 Å². The first kappa shape index (κ1) is 22.2. The molecule has 1 aromatic rings. The first-order valence-electron chi connectivity index (χ1n) is 11.5. The van der Waals surface area contributed by atoms with Gasteiger partial charge in [0.15, 0.2) is 12.0 Å². The van der Waals surface area contributed by atoms with Crippen LogP contribution < -0.4 is 4.89 Å². The summed E-state index contributed by atoms with van der Waals surface area (Å²) in [6.07, 6.45) is 18.9. The molecule has 1 saturated carbocycles. The van der Waals surface area contributed by atoms with Crippen LogP contribution in [0, 0.1) is 18.3 Å². The monoisotopic (exact) mass is 399 g/mol. The lowest BCUT2D eigenvalue weighted by Gasteiger charge is -2.38. The van der Waals surface area contributed by atoms with E-state index in [1.165, 1.54) is 64.2 Å². The summed E-state index contributed by atoms with van der Waals surface area (Å²) in [6.45, 7) is 5.10. The van der Waals surface area contributed by atoms with Crippen molar-refractivity contribution in [2.75, 3.05) is 6.61 Å².